The van der Waals surface area contributed by atoms with Gasteiger partial charge in [0.05, 0.1) is 11.9 Å². The summed E-state index contributed by atoms with van der Waals surface area (Å²) in [5, 5.41) is 0. The molecule has 0 unspecified atom stereocenters. The second kappa shape index (κ2) is 6.02. The van der Waals surface area contributed by atoms with Crippen molar-refractivity contribution in [2.75, 3.05) is 37.8 Å². The molecule has 0 saturated carbocycles. The third-order valence-corrected chi connectivity index (χ3v) is 3.79. The third-order valence-electron chi connectivity index (χ3n) is 3.79. The van der Waals surface area contributed by atoms with Crippen LogP contribution in [0, 0.1) is 5.92 Å². The van der Waals surface area contributed by atoms with Crippen LogP contribution in [0.25, 0.3) is 0 Å². The van der Waals surface area contributed by atoms with E-state index >= 15 is 0 Å². The van der Waals surface area contributed by atoms with Gasteiger partial charge in [-0.2, -0.15) is 0 Å². The number of nitrogens with two attached hydrogens (primary N) is 1. The normalized spacial score (nSPS) is 17.4. The number of pyridine rings is 1. The maximum absolute atomic E-state index is 12.2. The van der Waals surface area contributed by atoms with Gasteiger partial charge in [-0.05, 0) is 51.0 Å². The lowest BCUT2D eigenvalue weighted by atomic mass is 9.93. The minimum Gasteiger partial charge on any atom is -0.397 e. The van der Waals surface area contributed by atoms with E-state index in [9.17, 15) is 4.79 Å². The molecule has 2 N–H and O–H groups in total. The summed E-state index contributed by atoms with van der Waals surface area (Å²) < 4.78 is 0. The number of nitrogens with zero attached hydrogens (tertiary/aromatic N) is 3. The Morgan fingerprint density at radius 3 is 2.74 bits per heavy atom. The van der Waals surface area contributed by atoms with Crippen LogP contribution in [0.15, 0.2) is 18.3 Å². The molecule has 19 heavy (non-hydrogen) atoms. The zero-order valence-corrected chi connectivity index (χ0v) is 11.7. The van der Waals surface area contributed by atoms with Gasteiger partial charge in [0, 0.05) is 13.5 Å². The highest BCUT2D eigenvalue weighted by Crippen LogP contribution is 2.21. The number of rotatable bonds is 3. The maximum Gasteiger partial charge on any atom is 0.228 e. The number of carbonyl (C=O) groups is 1. The number of piperidine rings is 1. The average molecular weight is 262 g/mol. The zero-order chi connectivity index (χ0) is 13.8. The van der Waals surface area contributed by atoms with E-state index in [1.807, 2.05) is 0 Å². The number of hydrogen-bond acceptors (Lipinski definition) is 4. The number of anilines is 2. The monoisotopic (exact) mass is 262 g/mol. The number of nitrogen functional groups attached to an aromatic ring is 1. The van der Waals surface area contributed by atoms with Gasteiger partial charge in [-0.25, -0.2) is 4.98 Å². The Morgan fingerprint density at radius 1 is 1.47 bits per heavy atom. The largest absolute Gasteiger partial charge is 0.397 e. The third kappa shape index (κ3) is 3.67. The molecule has 5 heteroatoms. The van der Waals surface area contributed by atoms with Crippen molar-refractivity contribution in [1.29, 1.82) is 0 Å². The standard InChI is InChI=1S/C14H22N4O/c1-17-7-5-11(6-8-17)9-14(19)18(2)13-4-3-12(15)10-16-13/h3-4,10-11H,5-9,15H2,1-2H3. The van der Waals surface area contributed by atoms with Crippen LogP contribution in [0.3, 0.4) is 0 Å². The molecule has 5 nitrogen and oxygen atoms in total. The van der Waals surface area contributed by atoms with Gasteiger partial charge in [0.15, 0.2) is 0 Å². The fraction of sp³-hybridized carbons (Fsp3) is 0.571. The molecule has 0 aliphatic carbocycles. The molecule has 1 fully saturated rings. The predicted octanol–water partition coefficient (Wildman–Crippen LogP) is 1.36. The lowest BCUT2D eigenvalue weighted by Gasteiger charge is -2.29. The highest BCUT2D eigenvalue weighted by molar-refractivity contribution is 5.92. The highest BCUT2D eigenvalue weighted by atomic mass is 16.2. The molecule has 0 radical (unpaired) electrons. The van der Waals surface area contributed by atoms with Gasteiger partial charge in [-0.15, -0.1) is 0 Å². The van der Waals surface area contributed by atoms with Gasteiger partial charge >= 0.3 is 0 Å². The molecule has 0 aromatic carbocycles. The molecule has 1 aromatic rings. The zero-order valence-electron chi connectivity index (χ0n) is 11.7. The van der Waals surface area contributed by atoms with Crippen molar-refractivity contribution in [3.63, 3.8) is 0 Å². The number of likely N-dealkylation sites (tertiary alicyclic amines) is 1. The number of carbonyl (C=O) groups excluding carboxylic acids is 1. The minimum atomic E-state index is 0.131. The van der Waals surface area contributed by atoms with Crippen LogP contribution in [-0.2, 0) is 4.79 Å². The van der Waals surface area contributed by atoms with Crippen molar-refractivity contribution in [3.05, 3.63) is 18.3 Å². The first-order valence-corrected chi connectivity index (χ1v) is 6.73. The molecule has 0 atom stereocenters. The van der Waals surface area contributed by atoms with Gasteiger partial charge in [0.25, 0.3) is 0 Å². The van der Waals surface area contributed by atoms with Crippen LogP contribution in [-0.4, -0.2) is 43.0 Å². The van der Waals surface area contributed by atoms with E-state index in [-0.39, 0.29) is 5.91 Å². The molecule has 2 rings (SSSR count). The molecular weight excluding hydrogens is 240 g/mol. The maximum atomic E-state index is 12.2. The Kier molecular flexibility index (Phi) is 4.37. The van der Waals surface area contributed by atoms with Gasteiger partial charge in [0.2, 0.25) is 5.91 Å². The van der Waals surface area contributed by atoms with Gasteiger partial charge in [-0.1, -0.05) is 0 Å². The summed E-state index contributed by atoms with van der Waals surface area (Å²) in [4.78, 5) is 20.3. The number of amides is 1. The molecule has 1 aromatic heterocycles. The molecule has 104 valence electrons. The van der Waals surface area contributed by atoms with E-state index < -0.39 is 0 Å². The van der Waals surface area contributed by atoms with Crippen LogP contribution in [0.5, 0.6) is 0 Å². The smallest absolute Gasteiger partial charge is 0.228 e. The summed E-state index contributed by atoms with van der Waals surface area (Å²) in [6, 6.07) is 3.55. The second-order valence-electron chi connectivity index (χ2n) is 5.35. The Labute approximate surface area is 114 Å². The lowest BCUT2D eigenvalue weighted by Crippen LogP contribution is -2.34. The Morgan fingerprint density at radius 2 is 2.16 bits per heavy atom. The second-order valence-corrected chi connectivity index (χ2v) is 5.35. The summed E-state index contributed by atoms with van der Waals surface area (Å²) >= 11 is 0. The molecule has 0 spiro atoms. The predicted molar refractivity (Wildman–Crippen MR) is 76.9 cm³/mol. The first-order valence-electron chi connectivity index (χ1n) is 6.73. The van der Waals surface area contributed by atoms with E-state index in [0.29, 0.717) is 23.8 Å². The van der Waals surface area contributed by atoms with E-state index in [2.05, 4.69) is 16.9 Å². The van der Waals surface area contributed by atoms with Gasteiger partial charge in [-0.3, -0.25) is 9.69 Å². The molecule has 1 aliphatic heterocycles. The van der Waals surface area contributed by atoms with Gasteiger partial charge in [0.1, 0.15) is 5.82 Å². The Bertz CT molecular complexity index is 424. The van der Waals surface area contributed by atoms with Gasteiger partial charge < -0.3 is 10.6 Å². The molecule has 1 aliphatic rings. The topological polar surface area (TPSA) is 62.5 Å². The Balaban J connectivity index is 1.90. The minimum absolute atomic E-state index is 0.131. The molecular formula is C14H22N4O. The number of aromatic nitrogens is 1. The van der Waals surface area contributed by atoms with E-state index in [4.69, 9.17) is 5.73 Å². The van der Waals surface area contributed by atoms with Crippen molar-refractivity contribution >= 4 is 17.4 Å². The summed E-state index contributed by atoms with van der Waals surface area (Å²) in [5.41, 5.74) is 6.21. The van der Waals surface area contributed by atoms with Crippen LogP contribution >= 0.6 is 0 Å². The van der Waals surface area contributed by atoms with E-state index in [0.717, 1.165) is 25.9 Å². The molecule has 2 heterocycles. The fourth-order valence-corrected chi connectivity index (χ4v) is 2.37. The van der Waals surface area contributed by atoms with Crippen LogP contribution < -0.4 is 10.6 Å². The van der Waals surface area contributed by atoms with Crippen molar-refractivity contribution in [3.8, 4) is 0 Å². The highest BCUT2D eigenvalue weighted by Gasteiger charge is 2.22. The first-order chi connectivity index (χ1) is 9.06. The van der Waals surface area contributed by atoms with E-state index in [1.54, 1.807) is 30.3 Å². The van der Waals surface area contributed by atoms with Crippen molar-refractivity contribution in [1.82, 2.24) is 9.88 Å². The summed E-state index contributed by atoms with van der Waals surface area (Å²) in [5.74, 6) is 1.29. The van der Waals surface area contributed by atoms with Crippen molar-refractivity contribution in [2.45, 2.75) is 19.3 Å². The molecule has 0 bridgehead atoms. The quantitative estimate of drug-likeness (QED) is 0.893. The Hall–Kier alpha value is -1.62. The summed E-state index contributed by atoms with van der Waals surface area (Å²) in [6.45, 7) is 2.17. The fourth-order valence-electron chi connectivity index (χ4n) is 2.37. The summed E-state index contributed by atoms with van der Waals surface area (Å²) in [7, 11) is 3.90. The number of hydrogen-bond donors (Lipinski definition) is 1. The average Bonchev–Trinajstić information content (AvgIpc) is 2.41. The molecule has 1 amide bonds. The van der Waals surface area contributed by atoms with Crippen molar-refractivity contribution < 1.29 is 4.79 Å². The summed E-state index contributed by atoms with van der Waals surface area (Å²) in [6.07, 6.45) is 4.39. The lowest BCUT2D eigenvalue weighted by molar-refractivity contribution is -0.119. The van der Waals surface area contributed by atoms with Crippen LogP contribution in [0.1, 0.15) is 19.3 Å². The SMILES string of the molecule is CN1CCC(CC(=O)N(C)c2ccc(N)cn2)CC1. The van der Waals surface area contributed by atoms with Crippen LogP contribution in [0.4, 0.5) is 11.5 Å². The van der Waals surface area contributed by atoms with E-state index in [1.165, 1.54) is 0 Å². The molecule has 1 saturated heterocycles. The first kappa shape index (κ1) is 13.8. The van der Waals surface area contributed by atoms with Crippen LogP contribution in [0.2, 0.25) is 0 Å². The van der Waals surface area contributed by atoms with Crippen molar-refractivity contribution in [2.24, 2.45) is 5.92 Å².